The van der Waals surface area contributed by atoms with Crippen LogP contribution in [0.3, 0.4) is 0 Å². The van der Waals surface area contributed by atoms with E-state index in [-0.39, 0.29) is 18.9 Å². The van der Waals surface area contributed by atoms with Crippen LogP contribution >= 0.6 is 0 Å². The van der Waals surface area contributed by atoms with E-state index in [2.05, 4.69) is 6.07 Å². The summed E-state index contributed by atoms with van der Waals surface area (Å²) in [5, 5.41) is 0. The summed E-state index contributed by atoms with van der Waals surface area (Å²) in [5.41, 5.74) is 2.27. The first kappa shape index (κ1) is 17.2. The van der Waals surface area contributed by atoms with Crippen molar-refractivity contribution in [1.82, 2.24) is 0 Å². The molecule has 0 aliphatic rings. The molecule has 0 aliphatic carbocycles. The van der Waals surface area contributed by atoms with E-state index >= 15 is 0 Å². The van der Waals surface area contributed by atoms with Gasteiger partial charge < -0.3 is 9.47 Å². The Kier molecular flexibility index (Phi) is 6.81. The van der Waals surface area contributed by atoms with E-state index < -0.39 is 0 Å². The standard InChI is InChI=1S/C20H17O2.Li/c1-3-8-17(9-4-1)15-21-19-12-7-13-20(14-19)22-16-18-10-5-2-6-11-18;/h1-12,14H,15-16H2;/q-1;+1. The maximum Gasteiger partial charge on any atom is 1.00 e. The van der Waals surface area contributed by atoms with Crippen molar-refractivity contribution < 1.29 is 28.3 Å². The summed E-state index contributed by atoms with van der Waals surface area (Å²) in [6, 6.07) is 28.8. The van der Waals surface area contributed by atoms with Crippen LogP contribution in [0, 0.1) is 6.07 Å². The molecule has 0 spiro atoms. The molecule has 0 aliphatic heterocycles. The second kappa shape index (κ2) is 9.10. The molecule has 2 nitrogen and oxygen atoms in total. The number of benzene rings is 3. The molecule has 0 atom stereocenters. The van der Waals surface area contributed by atoms with Crippen molar-refractivity contribution in [3.05, 3.63) is 96.1 Å². The van der Waals surface area contributed by atoms with E-state index in [1.807, 2.05) is 78.9 Å². The van der Waals surface area contributed by atoms with Gasteiger partial charge >= 0.3 is 18.9 Å². The van der Waals surface area contributed by atoms with E-state index in [0.717, 1.165) is 16.9 Å². The zero-order chi connectivity index (χ0) is 15.0. The molecule has 0 unspecified atom stereocenters. The summed E-state index contributed by atoms with van der Waals surface area (Å²) in [5.74, 6) is 1.47. The number of rotatable bonds is 6. The molecule has 23 heavy (non-hydrogen) atoms. The molecule has 0 heterocycles. The van der Waals surface area contributed by atoms with Gasteiger partial charge in [-0.1, -0.05) is 66.7 Å². The van der Waals surface area contributed by atoms with Crippen molar-refractivity contribution in [3.8, 4) is 11.5 Å². The van der Waals surface area contributed by atoms with Crippen molar-refractivity contribution in [2.45, 2.75) is 13.2 Å². The van der Waals surface area contributed by atoms with Crippen LogP contribution in [-0.2, 0) is 13.2 Å². The molecule has 3 rings (SSSR count). The molecule has 0 aromatic heterocycles. The minimum atomic E-state index is 0. The largest absolute Gasteiger partial charge is 1.00 e. The van der Waals surface area contributed by atoms with Gasteiger partial charge in [-0.25, -0.2) is 0 Å². The van der Waals surface area contributed by atoms with Crippen LogP contribution in [0.25, 0.3) is 0 Å². The van der Waals surface area contributed by atoms with Gasteiger partial charge in [0.15, 0.2) is 0 Å². The number of hydrogen-bond donors (Lipinski definition) is 0. The van der Waals surface area contributed by atoms with Crippen molar-refractivity contribution in [3.63, 3.8) is 0 Å². The quantitative estimate of drug-likeness (QED) is 0.509. The smallest absolute Gasteiger partial charge is 0.515 e. The Balaban J connectivity index is 0.00000192. The van der Waals surface area contributed by atoms with Crippen LogP contribution < -0.4 is 28.3 Å². The van der Waals surface area contributed by atoms with Crippen LogP contribution in [0.4, 0.5) is 0 Å². The number of ether oxygens (including phenoxy) is 2. The second-order valence-corrected chi connectivity index (χ2v) is 4.94. The Labute approximate surface area is 149 Å². The fraction of sp³-hybridized carbons (Fsp3) is 0.100. The van der Waals surface area contributed by atoms with Gasteiger partial charge in [-0.3, -0.25) is 0 Å². The van der Waals surface area contributed by atoms with Crippen molar-refractivity contribution in [1.29, 1.82) is 0 Å². The first-order chi connectivity index (χ1) is 10.9. The zero-order valence-corrected chi connectivity index (χ0v) is 13.2. The van der Waals surface area contributed by atoms with Crippen LogP contribution in [0.2, 0.25) is 0 Å². The molecular weight excluding hydrogens is 279 g/mol. The van der Waals surface area contributed by atoms with Crippen LogP contribution in [-0.4, -0.2) is 0 Å². The van der Waals surface area contributed by atoms with E-state index in [4.69, 9.17) is 9.47 Å². The Hall–Kier alpha value is -2.14. The molecule has 3 heteroatoms. The van der Waals surface area contributed by atoms with Crippen LogP contribution in [0.15, 0.2) is 78.9 Å². The molecule has 110 valence electrons. The Morgan fingerprint density at radius 2 is 1.26 bits per heavy atom. The fourth-order valence-corrected chi connectivity index (χ4v) is 2.07. The molecule has 3 aromatic carbocycles. The fourth-order valence-electron chi connectivity index (χ4n) is 2.07. The Bertz CT molecular complexity index is 640. The van der Waals surface area contributed by atoms with Gasteiger partial charge in [0.1, 0.15) is 13.2 Å². The van der Waals surface area contributed by atoms with Gasteiger partial charge in [-0.2, -0.15) is 6.07 Å². The van der Waals surface area contributed by atoms with Crippen molar-refractivity contribution in [2.75, 3.05) is 0 Å². The van der Waals surface area contributed by atoms with Gasteiger partial charge in [0.2, 0.25) is 0 Å². The van der Waals surface area contributed by atoms with Gasteiger partial charge in [0.25, 0.3) is 0 Å². The summed E-state index contributed by atoms with van der Waals surface area (Å²) in [6.45, 7) is 1.07. The minimum Gasteiger partial charge on any atom is -0.515 e. The molecule has 0 saturated carbocycles. The molecule has 0 amide bonds. The molecular formula is C20H17LiO2. The number of hydrogen-bond acceptors (Lipinski definition) is 2. The molecule has 0 bridgehead atoms. The molecule has 0 radical (unpaired) electrons. The van der Waals surface area contributed by atoms with E-state index in [1.54, 1.807) is 0 Å². The molecule has 3 aromatic rings. The first-order valence-electron chi connectivity index (χ1n) is 7.25. The van der Waals surface area contributed by atoms with E-state index in [0.29, 0.717) is 19.0 Å². The molecule has 0 fully saturated rings. The average Bonchev–Trinajstić information content (AvgIpc) is 2.60. The zero-order valence-electron chi connectivity index (χ0n) is 13.2. The maximum atomic E-state index is 5.78. The minimum absolute atomic E-state index is 0. The molecule has 0 N–H and O–H groups in total. The van der Waals surface area contributed by atoms with Crippen LogP contribution in [0.1, 0.15) is 11.1 Å². The van der Waals surface area contributed by atoms with E-state index in [9.17, 15) is 0 Å². The summed E-state index contributed by atoms with van der Waals surface area (Å²) in [4.78, 5) is 0. The van der Waals surface area contributed by atoms with Crippen molar-refractivity contribution >= 4 is 0 Å². The normalized spacial score (nSPS) is 9.74. The third-order valence-corrected chi connectivity index (χ3v) is 3.23. The average molecular weight is 296 g/mol. The maximum absolute atomic E-state index is 5.78. The Morgan fingerprint density at radius 3 is 1.87 bits per heavy atom. The topological polar surface area (TPSA) is 18.5 Å². The van der Waals surface area contributed by atoms with Gasteiger partial charge in [-0.15, -0.1) is 12.1 Å². The first-order valence-corrected chi connectivity index (χ1v) is 7.25. The van der Waals surface area contributed by atoms with Crippen molar-refractivity contribution in [2.24, 2.45) is 0 Å². The third kappa shape index (κ3) is 5.52. The third-order valence-electron chi connectivity index (χ3n) is 3.23. The second-order valence-electron chi connectivity index (χ2n) is 4.94. The van der Waals surface area contributed by atoms with Gasteiger partial charge in [-0.05, 0) is 11.1 Å². The monoisotopic (exact) mass is 296 g/mol. The van der Waals surface area contributed by atoms with Gasteiger partial charge in [0.05, 0.1) is 0 Å². The van der Waals surface area contributed by atoms with Crippen LogP contribution in [0.5, 0.6) is 11.5 Å². The predicted molar refractivity (Wildman–Crippen MR) is 86.8 cm³/mol. The summed E-state index contributed by atoms with van der Waals surface area (Å²) >= 11 is 0. The Morgan fingerprint density at radius 1 is 0.696 bits per heavy atom. The summed E-state index contributed by atoms with van der Waals surface area (Å²) in [7, 11) is 0. The summed E-state index contributed by atoms with van der Waals surface area (Å²) < 4.78 is 11.5. The SMILES string of the molecule is [Li+].[c-]1ccc(OCc2ccccc2)cc1OCc1ccccc1. The predicted octanol–water partition coefficient (Wildman–Crippen LogP) is 1.65. The van der Waals surface area contributed by atoms with E-state index in [1.165, 1.54) is 0 Å². The van der Waals surface area contributed by atoms with Gasteiger partial charge in [0, 0.05) is 11.5 Å². The summed E-state index contributed by atoms with van der Waals surface area (Å²) in [6.07, 6.45) is 0. The molecule has 0 saturated heterocycles.